The lowest BCUT2D eigenvalue weighted by Gasteiger charge is -2.16. The first kappa shape index (κ1) is 14.6. The topological polar surface area (TPSA) is 48.7 Å². The Morgan fingerprint density at radius 2 is 2.00 bits per heavy atom. The van der Waals surface area contributed by atoms with Gasteiger partial charge in [-0.05, 0) is 43.2 Å². The molecule has 0 spiro atoms. The van der Waals surface area contributed by atoms with Crippen LogP contribution in [-0.4, -0.2) is 4.98 Å². The lowest BCUT2D eigenvalue weighted by atomic mass is 10.1. The molecule has 1 atom stereocenters. The van der Waals surface area contributed by atoms with Crippen LogP contribution in [-0.2, 0) is 0 Å². The third kappa shape index (κ3) is 3.41. The molecule has 1 heterocycles. The van der Waals surface area contributed by atoms with Gasteiger partial charge in [0.05, 0.1) is 11.6 Å². The molecule has 0 unspecified atom stereocenters. The van der Waals surface area contributed by atoms with Crippen LogP contribution in [0.15, 0.2) is 30.3 Å². The van der Waals surface area contributed by atoms with Crippen LogP contribution in [0.25, 0.3) is 0 Å². The van der Waals surface area contributed by atoms with Gasteiger partial charge in [0.2, 0.25) is 0 Å². The van der Waals surface area contributed by atoms with Gasteiger partial charge in [0.15, 0.2) is 0 Å². The molecule has 0 aliphatic rings. The van der Waals surface area contributed by atoms with E-state index in [9.17, 15) is 0 Å². The Hall–Kier alpha value is -1.76. The summed E-state index contributed by atoms with van der Waals surface area (Å²) in [6, 6.07) is 11.1. The number of nitrogens with zero attached hydrogens (tertiary/aromatic N) is 2. The molecule has 0 saturated carbocycles. The molecule has 20 heavy (non-hydrogen) atoms. The van der Waals surface area contributed by atoms with Crippen molar-refractivity contribution < 1.29 is 0 Å². The summed E-state index contributed by atoms with van der Waals surface area (Å²) in [6.07, 6.45) is 0. The number of aromatic nitrogens is 1. The van der Waals surface area contributed by atoms with E-state index in [1.807, 2.05) is 32.0 Å². The van der Waals surface area contributed by atoms with Gasteiger partial charge >= 0.3 is 0 Å². The van der Waals surface area contributed by atoms with Crippen LogP contribution in [0.1, 0.15) is 29.7 Å². The van der Waals surface area contributed by atoms with Gasteiger partial charge in [0.1, 0.15) is 11.0 Å². The van der Waals surface area contributed by atoms with Gasteiger partial charge in [0.25, 0.3) is 0 Å². The van der Waals surface area contributed by atoms with E-state index in [1.165, 1.54) is 6.07 Å². The minimum absolute atomic E-state index is 0.0310. The quantitative estimate of drug-likeness (QED) is 0.833. The minimum atomic E-state index is 0.0310. The number of rotatable bonds is 3. The molecular formula is C15H13Cl2N3. The van der Waals surface area contributed by atoms with Gasteiger partial charge in [-0.3, -0.25) is 0 Å². The molecule has 0 radical (unpaired) electrons. The second-order valence-electron chi connectivity index (χ2n) is 4.55. The van der Waals surface area contributed by atoms with E-state index in [2.05, 4.69) is 16.4 Å². The maximum Gasteiger partial charge on any atom is 0.132 e. The number of anilines is 1. The number of hydrogen-bond donors (Lipinski definition) is 1. The van der Waals surface area contributed by atoms with Gasteiger partial charge in [-0.1, -0.05) is 35.3 Å². The molecule has 0 saturated heterocycles. The lowest BCUT2D eigenvalue weighted by molar-refractivity contribution is 0.873. The second kappa shape index (κ2) is 6.13. The Kier molecular flexibility index (Phi) is 4.49. The molecule has 0 fully saturated rings. The third-order valence-electron chi connectivity index (χ3n) is 2.97. The number of hydrogen-bond acceptors (Lipinski definition) is 3. The number of nitriles is 1. The first-order valence-electron chi connectivity index (χ1n) is 6.10. The Morgan fingerprint density at radius 1 is 1.25 bits per heavy atom. The molecule has 0 bridgehead atoms. The van der Waals surface area contributed by atoms with E-state index in [1.54, 1.807) is 6.07 Å². The SMILES string of the molecule is Cc1cc([C@H](C)Nc2cc(C#N)cc(Cl)n2)ccc1Cl. The molecule has 0 aliphatic carbocycles. The van der Waals surface area contributed by atoms with E-state index in [0.29, 0.717) is 16.5 Å². The number of pyridine rings is 1. The Bertz CT molecular complexity index is 677. The van der Waals surface area contributed by atoms with Crippen LogP contribution < -0.4 is 5.32 Å². The summed E-state index contributed by atoms with van der Waals surface area (Å²) in [5.41, 5.74) is 2.59. The van der Waals surface area contributed by atoms with E-state index >= 15 is 0 Å². The fourth-order valence-corrected chi connectivity index (χ4v) is 2.20. The average molecular weight is 306 g/mol. The van der Waals surface area contributed by atoms with Gasteiger partial charge in [-0.2, -0.15) is 5.26 Å². The minimum Gasteiger partial charge on any atom is -0.363 e. The van der Waals surface area contributed by atoms with Crippen LogP contribution >= 0.6 is 23.2 Å². The largest absolute Gasteiger partial charge is 0.363 e. The van der Waals surface area contributed by atoms with Crippen molar-refractivity contribution in [3.8, 4) is 6.07 Å². The predicted octanol–water partition coefficient (Wildman–Crippen LogP) is 4.74. The van der Waals surface area contributed by atoms with Crippen LogP contribution in [0.5, 0.6) is 0 Å². The zero-order chi connectivity index (χ0) is 14.7. The molecule has 0 amide bonds. The van der Waals surface area contributed by atoms with Gasteiger partial charge in [-0.15, -0.1) is 0 Å². The van der Waals surface area contributed by atoms with Gasteiger partial charge < -0.3 is 5.32 Å². The highest BCUT2D eigenvalue weighted by Crippen LogP contribution is 2.24. The first-order valence-corrected chi connectivity index (χ1v) is 6.85. The maximum atomic E-state index is 8.93. The summed E-state index contributed by atoms with van der Waals surface area (Å²) >= 11 is 11.9. The predicted molar refractivity (Wildman–Crippen MR) is 82.2 cm³/mol. The number of aryl methyl sites for hydroxylation is 1. The van der Waals surface area contributed by atoms with Gasteiger partial charge in [0, 0.05) is 11.1 Å². The smallest absolute Gasteiger partial charge is 0.132 e. The molecule has 5 heteroatoms. The molecule has 2 rings (SSSR count). The lowest BCUT2D eigenvalue weighted by Crippen LogP contribution is -2.08. The van der Waals surface area contributed by atoms with Crippen molar-refractivity contribution in [2.75, 3.05) is 5.32 Å². The summed E-state index contributed by atoms with van der Waals surface area (Å²) < 4.78 is 0. The Morgan fingerprint density at radius 3 is 2.65 bits per heavy atom. The average Bonchev–Trinajstić information content (AvgIpc) is 2.41. The second-order valence-corrected chi connectivity index (χ2v) is 5.34. The number of halogens is 2. The van der Waals surface area contributed by atoms with Crippen molar-refractivity contribution in [3.63, 3.8) is 0 Å². The van der Waals surface area contributed by atoms with E-state index in [0.717, 1.165) is 16.1 Å². The molecule has 0 aliphatic heterocycles. The van der Waals surface area contributed by atoms with E-state index in [4.69, 9.17) is 28.5 Å². The van der Waals surface area contributed by atoms with E-state index < -0.39 is 0 Å². The van der Waals surface area contributed by atoms with Crippen molar-refractivity contribution in [2.24, 2.45) is 0 Å². The summed E-state index contributed by atoms with van der Waals surface area (Å²) in [5.74, 6) is 0.578. The first-order chi connectivity index (χ1) is 9.49. The fraction of sp³-hybridized carbons (Fsp3) is 0.200. The van der Waals surface area contributed by atoms with E-state index in [-0.39, 0.29) is 6.04 Å². The molecule has 3 nitrogen and oxygen atoms in total. The van der Waals surface area contributed by atoms with Crippen LogP contribution in [0.4, 0.5) is 5.82 Å². The third-order valence-corrected chi connectivity index (χ3v) is 3.59. The fourth-order valence-electron chi connectivity index (χ4n) is 1.88. The van der Waals surface area contributed by atoms with Crippen LogP contribution in [0.3, 0.4) is 0 Å². The number of benzene rings is 1. The Balaban J connectivity index is 2.23. The van der Waals surface area contributed by atoms with Crippen molar-refractivity contribution >= 4 is 29.0 Å². The molecule has 1 N–H and O–H groups in total. The van der Waals surface area contributed by atoms with Crippen molar-refractivity contribution in [3.05, 3.63) is 57.2 Å². The standard InChI is InChI=1S/C15H13Cl2N3/c1-9-5-12(3-4-13(9)16)10(2)19-15-7-11(8-18)6-14(17)20-15/h3-7,10H,1-2H3,(H,19,20)/t10-/m0/s1. The molecule has 1 aromatic heterocycles. The molecule has 102 valence electrons. The van der Waals surface area contributed by atoms with Crippen molar-refractivity contribution in [1.29, 1.82) is 5.26 Å². The van der Waals surface area contributed by atoms with Crippen molar-refractivity contribution in [2.45, 2.75) is 19.9 Å². The van der Waals surface area contributed by atoms with Crippen molar-refractivity contribution in [1.82, 2.24) is 4.98 Å². The summed E-state index contributed by atoms with van der Waals surface area (Å²) in [6.45, 7) is 3.97. The van der Waals surface area contributed by atoms with Crippen LogP contribution in [0.2, 0.25) is 10.2 Å². The normalized spacial score (nSPS) is 11.8. The summed E-state index contributed by atoms with van der Waals surface area (Å²) in [5, 5.41) is 13.2. The summed E-state index contributed by atoms with van der Waals surface area (Å²) in [4.78, 5) is 4.16. The molecule has 1 aromatic carbocycles. The monoisotopic (exact) mass is 305 g/mol. The maximum absolute atomic E-state index is 8.93. The summed E-state index contributed by atoms with van der Waals surface area (Å²) in [7, 11) is 0. The van der Waals surface area contributed by atoms with Gasteiger partial charge in [-0.25, -0.2) is 4.98 Å². The highest BCUT2D eigenvalue weighted by atomic mass is 35.5. The molecule has 2 aromatic rings. The Labute approximate surface area is 128 Å². The zero-order valence-electron chi connectivity index (χ0n) is 11.1. The van der Waals surface area contributed by atoms with Crippen LogP contribution in [0, 0.1) is 18.3 Å². The highest BCUT2D eigenvalue weighted by Gasteiger charge is 2.09. The highest BCUT2D eigenvalue weighted by molar-refractivity contribution is 6.31. The molecular weight excluding hydrogens is 293 g/mol. The zero-order valence-corrected chi connectivity index (χ0v) is 12.6. The number of nitrogens with one attached hydrogen (secondary N) is 1.